The van der Waals surface area contributed by atoms with Crippen LogP contribution in [0.2, 0.25) is 20.1 Å². The fourth-order valence-corrected chi connectivity index (χ4v) is 3.71. The Labute approximate surface area is 195 Å². The fourth-order valence-electron chi connectivity index (χ4n) is 2.73. The summed E-state index contributed by atoms with van der Waals surface area (Å²) in [7, 11) is 1.55. The molecule has 0 amide bonds. The number of hydrogen-bond donors (Lipinski definition) is 0. The van der Waals surface area contributed by atoms with E-state index in [0.29, 0.717) is 42.7 Å². The van der Waals surface area contributed by atoms with Crippen molar-refractivity contribution in [2.45, 2.75) is 6.61 Å². The second-order valence-corrected chi connectivity index (χ2v) is 7.92. The Morgan fingerprint density at radius 2 is 1.60 bits per heavy atom. The highest BCUT2D eigenvalue weighted by atomic mass is 35.5. The number of benzene rings is 3. The van der Waals surface area contributed by atoms with Crippen LogP contribution < -0.4 is 9.47 Å². The SMILES string of the molecule is COc1cc(/C=C(\C#N)c2ccc(Cl)cc2Cl)ccc1OCc1ccc(Cl)cc1Cl. The number of hydrogen-bond acceptors (Lipinski definition) is 3. The molecule has 0 aliphatic rings. The standard InChI is InChI=1S/C23H15Cl4NO2/c1-29-23-9-14(8-16(12-28)19-6-5-18(25)11-21(19)27)2-7-22(23)30-13-15-3-4-17(24)10-20(15)26/h2-11H,13H2,1H3/b16-8+. The smallest absolute Gasteiger partial charge is 0.161 e. The Bertz CT molecular complexity index is 1150. The molecule has 0 aliphatic heterocycles. The molecule has 0 saturated carbocycles. The van der Waals surface area contributed by atoms with Crippen LogP contribution in [0.4, 0.5) is 0 Å². The van der Waals surface area contributed by atoms with E-state index < -0.39 is 0 Å². The molecule has 7 heteroatoms. The van der Waals surface area contributed by atoms with Crippen molar-refractivity contribution in [3.8, 4) is 17.6 Å². The van der Waals surface area contributed by atoms with Gasteiger partial charge in [-0.2, -0.15) is 5.26 Å². The first-order valence-corrected chi connectivity index (χ1v) is 10.2. The molecule has 0 bridgehead atoms. The van der Waals surface area contributed by atoms with Gasteiger partial charge in [0.25, 0.3) is 0 Å². The van der Waals surface area contributed by atoms with Gasteiger partial charge in [0.1, 0.15) is 6.61 Å². The molecule has 3 rings (SSSR count). The number of methoxy groups -OCH3 is 1. The van der Waals surface area contributed by atoms with Crippen LogP contribution >= 0.6 is 46.4 Å². The molecule has 0 spiro atoms. The van der Waals surface area contributed by atoms with Gasteiger partial charge in [-0.1, -0.05) is 64.6 Å². The van der Waals surface area contributed by atoms with E-state index in [2.05, 4.69) is 6.07 Å². The number of allylic oxidation sites excluding steroid dienone is 1. The summed E-state index contributed by atoms with van der Waals surface area (Å²) < 4.78 is 11.3. The van der Waals surface area contributed by atoms with Crippen molar-refractivity contribution in [2.75, 3.05) is 7.11 Å². The maximum absolute atomic E-state index is 9.58. The summed E-state index contributed by atoms with van der Waals surface area (Å²) in [6.07, 6.45) is 1.72. The predicted molar refractivity (Wildman–Crippen MR) is 124 cm³/mol. The molecule has 0 atom stereocenters. The largest absolute Gasteiger partial charge is 0.493 e. The predicted octanol–water partition coefficient (Wildman–Crippen LogP) is 7.95. The third-order valence-corrected chi connectivity index (χ3v) is 5.37. The highest BCUT2D eigenvalue weighted by Crippen LogP contribution is 2.33. The van der Waals surface area contributed by atoms with Gasteiger partial charge in [0.05, 0.1) is 23.8 Å². The van der Waals surface area contributed by atoms with Gasteiger partial charge in [-0.3, -0.25) is 0 Å². The third kappa shape index (κ3) is 5.41. The van der Waals surface area contributed by atoms with Gasteiger partial charge >= 0.3 is 0 Å². The van der Waals surface area contributed by atoms with E-state index in [-0.39, 0.29) is 6.61 Å². The Morgan fingerprint density at radius 1 is 0.900 bits per heavy atom. The molecular formula is C23H15Cl4NO2. The lowest BCUT2D eigenvalue weighted by Gasteiger charge is -2.12. The minimum absolute atomic E-state index is 0.255. The molecule has 30 heavy (non-hydrogen) atoms. The summed E-state index contributed by atoms with van der Waals surface area (Å²) in [5, 5.41) is 11.6. The quantitative estimate of drug-likeness (QED) is 0.266. The number of nitrogens with zero attached hydrogens (tertiary/aromatic N) is 1. The van der Waals surface area contributed by atoms with Crippen molar-refractivity contribution < 1.29 is 9.47 Å². The minimum atomic E-state index is 0.255. The van der Waals surface area contributed by atoms with Crippen molar-refractivity contribution in [2.24, 2.45) is 0 Å². The van der Waals surface area contributed by atoms with Crippen LogP contribution in [0.1, 0.15) is 16.7 Å². The highest BCUT2D eigenvalue weighted by Gasteiger charge is 2.10. The Kier molecular flexibility index (Phi) is 7.53. The van der Waals surface area contributed by atoms with Crippen molar-refractivity contribution in [1.29, 1.82) is 5.26 Å². The Balaban J connectivity index is 1.85. The molecular weight excluding hydrogens is 464 g/mol. The van der Waals surface area contributed by atoms with Crippen molar-refractivity contribution >= 4 is 58.1 Å². The lowest BCUT2D eigenvalue weighted by molar-refractivity contribution is 0.284. The number of halogens is 4. The summed E-state index contributed by atoms with van der Waals surface area (Å²) in [4.78, 5) is 0. The molecule has 0 radical (unpaired) electrons. The van der Waals surface area contributed by atoms with Crippen molar-refractivity contribution in [1.82, 2.24) is 0 Å². The summed E-state index contributed by atoms with van der Waals surface area (Å²) >= 11 is 24.3. The second-order valence-electron chi connectivity index (χ2n) is 6.23. The average Bonchev–Trinajstić information content (AvgIpc) is 2.72. The van der Waals surface area contributed by atoms with E-state index >= 15 is 0 Å². The van der Waals surface area contributed by atoms with E-state index in [1.807, 2.05) is 12.1 Å². The Hall–Kier alpha value is -2.35. The molecule has 0 N–H and O–H groups in total. The number of ether oxygens (including phenoxy) is 2. The van der Waals surface area contributed by atoms with E-state index in [4.69, 9.17) is 55.9 Å². The van der Waals surface area contributed by atoms with Gasteiger partial charge in [-0.05, 0) is 48.0 Å². The molecule has 0 saturated heterocycles. The molecule has 3 nitrogen and oxygen atoms in total. The third-order valence-electron chi connectivity index (χ3n) is 4.24. The summed E-state index contributed by atoms with van der Waals surface area (Å²) in [5.41, 5.74) is 2.56. The summed E-state index contributed by atoms with van der Waals surface area (Å²) in [6.45, 7) is 0.255. The topological polar surface area (TPSA) is 42.2 Å². The normalized spacial score (nSPS) is 11.1. The number of rotatable bonds is 6. The molecule has 152 valence electrons. The lowest BCUT2D eigenvalue weighted by atomic mass is 10.0. The molecule has 0 aromatic heterocycles. The monoisotopic (exact) mass is 477 g/mol. The van der Waals surface area contributed by atoms with Gasteiger partial charge in [0, 0.05) is 26.2 Å². The van der Waals surface area contributed by atoms with Gasteiger partial charge in [-0.25, -0.2) is 0 Å². The van der Waals surface area contributed by atoms with E-state index in [1.165, 1.54) is 0 Å². The van der Waals surface area contributed by atoms with Crippen LogP contribution in [0.25, 0.3) is 11.6 Å². The first kappa shape index (κ1) is 22.3. The lowest BCUT2D eigenvalue weighted by Crippen LogP contribution is -1.98. The molecule has 0 fully saturated rings. The Morgan fingerprint density at radius 3 is 2.23 bits per heavy atom. The van der Waals surface area contributed by atoms with Crippen LogP contribution in [0.3, 0.4) is 0 Å². The van der Waals surface area contributed by atoms with Crippen LogP contribution in [0, 0.1) is 11.3 Å². The van der Waals surface area contributed by atoms with Gasteiger partial charge in [0.15, 0.2) is 11.5 Å². The van der Waals surface area contributed by atoms with Gasteiger partial charge in [-0.15, -0.1) is 0 Å². The van der Waals surface area contributed by atoms with Crippen LogP contribution in [0.15, 0.2) is 54.6 Å². The van der Waals surface area contributed by atoms with E-state index in [9.17, 15) is 5.26 Å². The summed E-state index contributed by atoms with van der Waals surface area (Å²) in [6, 6.07) is 17.8. The van der Waals surface area contributed by atoms with Crippen molar-refractivity contribution in [3.05, 3.63) is 91.4 Å². The zero-order valence-electron chi connectivity index (χ0n) is 15.8. The van der Waals surface area contributed by atoms with Crippen molar-refractivity contribution in [3.63, 3.8) is 0 Å². The minimum Gasteiger partial charge on any atom is -0.493 e. The maximum Gasteiger partial charge on any atom is 0.161 e. The van der Waals surface area contributed by atoms with Crippen LogP contribution in [-0.2, 0) is 6.61 Å². The highest BCUT2D eigenvalue weighted by molar-refractivity contribution is 6.36. The van der Waals surface area contributed by atoms with Gasteiger partial charge < -0.3 is 9.47 Å². The van der Waals surface area contributed by atoms with Crippen LogP contribution in [0.5, 0.6) is 11.5 Å². The number of nitriles is 1. The van der Waals surface area contributed by atoms with Crippen LogP contribution in [-0.4, -0.2) is 7.11 Å². The van der Waals surface area contributed by atoms with E-state index in [1.54, 1.807) is 55.7 Å². The summed E-state index contributed by atoms with van der Waals surface area (Å²) in [5.74, 6) is 1.07. The molecule has 3 aromatic rings. The fraction of sp³-hybridized carbons (Fsp3) is 0.0870. The molecule has 0 unspecified atom stereocenters. The van der Waals surface area contributed by atoms with E-state index in [0.717, 1.165) is 11.1 Å². The molecule has 0 heterocycles. The molecule has 3 aromatic carbocycles. The maximum atomic E-state index is 9.58. The second kappa shape index (κ2) is 10.1. The molecule has 0 aliphatic carbocycles. The average molecular weight is 479 g/mol. The first-order valence-electron chi connectivity index (χ1n) is 8.73. The van der Waals surface area contributed by atoms with Gasteiger partial charge in [0.2, 0.25) is 0 Å². The zero-order chi connectivity index (χ0) is 21.7. The first-order chi connectivity index (χ1) is 14.4. The zero-order valence-corrected chi connectivity index (χ0v) is 18.8.